The van der Waals surface area contributed by atoms with Crippen LogP contribution < -0.4 is 5.73 Å². The summed E-state index contributed by atoms with van der Waals surface area (Å²) in [7, 11) is 0. The second-order valence-corrected chi connectivity index (χ2v) is 4.13. The van der Waals surface area contributed by atoms with Crippen LogP contribution in [0.3, 0.4) is 0 Å². The molecule has 0 aliphatic carbocycles. The summed E-state index contributed by atoms with van der Waals surface area (Å²) in [5.41, 5.74) is 8.53. The highest BCUT2D eigenvalue weighted by Crippen LogP contribution is 2.23. The number of imidazole rings is 1. The van der Waals surface area contributed by atoms with Gasteiger partial charge in [-0.3, -0.25) is 4.79 Å². The van der Waals surface area contributed by atoms with Gasteiger partial charge in [-0.2, -0.15) is 0 Å². The van der Waals surface area contributed by atoms with Crippen molar-refractivity contribution in [1.82, 2.24) is 9.38 Å². The van der Waals surface area contributed by atoms with E-state index in [1.54, 1.807) is 0 Å². The van der Waals surface area contributed by atoms with Crippen molar-refractivity contribution in [2.75, 3.05) is 0 Å². The molecular formula is C12H15N3O2. The lowest BCUT2D eigenvalue weighted by atomic mass is 10.0. The maximum absolute atomic E-state index is 10.7. The predicted molar refractivity (Wildman–Crippen MR) is 63.8 cm³/mol. The molecule has 90 valence electrons. The number of carbonyl (C=O) groups is 1. The molecule has 0 saturated heterocycles. The van der Waals surface area contributed by atoms with E-state index in [1.807, 2.05) is 36.6 Å². The van der Waals surface area contributed by atoms with E-state index in [0.717, 1.165) is 22.6 Å². The molecule has 2 aromatic heterocycles. The topological polar surface area (TPSA) is 80.6 Å². The number of hydrogen-bond acceptors (Lipinski definition) is 3. The Morgan fingerprint density at radius 2 is 2.29 bits per heavy atom. The number of carboxylic acid groups (broad SMARTS) is 1. The van der Waals surface area contributed by atoms with Crippen LogP contribution in [0.2, 0.25) is 0 Å². The Bertz CT molecular complexity index is 574. The van der Waals surface area contributed by atoms with Crippen molar-refractivity contribution >= 4 is 11.5 Å². The maximum Gasteiger partial charge on any atom is 0.305 e. The van der Waals surface area contributed by atoms with E-state index in [2.05, 4.69) is 4.98 Å². The minimum atomic E-state index is -0.895. The molecule has 0 aliphatic heterocycles. The van der Waals surface area contributed by atoms with Crippen LogP contribution >= 0.6 is 0 Å². The van der Waals surface area contributed by atoms with Gasteiger partial charge in [0.25, 0.3) is 0 Å². The Kier molecular flexibility index (Phi) is 2.85. The van der Waals surface area contributed by atoms with E-state index in [0.29, 0.717) is 0 Å². The molecule has 1 atom stereocenters. The molecule has 0 radical (unpaired) electrons. The van der Waals surface area contributed by atoms with Gasteiger partial charge in [-0.25, -0.2) is 4.98 Å². The monoisotopic (exact) mass is 233 g/mol. The molecule has 5 heteroatoms. The molecule has 2 heterocycles. The molecule has 0 fully saturated rings. The molecule has 5 nitrogen and oxygen atoms in total. The Hall–Kier alpha value is -1.88. The molecule has 3 N–H and O–H groups in total. The van der Waals surface area contributed by atoms with Crippen molar-refractivity contribution in [3.05, 3.63) is 35.4 Å². The lowest BCUT2D eigenvalue weighted by molar-refractivity contribution is -0.137. The maximum atomic E-state index is 10.7. The summed E-state index contributed by atoms with van der Waals surface area (Å²) < 4.78 is 1.94. The summed E-state index contributed by atoms with van der Waals surface area (Å²) >= 11 is 0. The number of aromatic nitrogens is 2. The fraction of sp³-hybridized carbons (Fsp3) is 0.333. The number of aryl methyl sites for hydroxylation is 2. The molecule has 0 aromatic carbocycles. The summed E-state index contributed by atoms with van der Waals surface area (Å²) in [6.45, 7) is 3.81. The molecule has 0 bridgehead atoms. The van der Waals surface area contributed by atoms with Gasteiger partial charge in [-0.05, 0) is 25.5 Å². The summed E-state index contributed by atoms with van der Waals surface area (Å²) in [6.07, 6.45) is 1.82. The van der Waals surface area contributed by atoms with Crippen LogP contribution in [0, 0.1) is 13.8 Å². The number of aliphatic carboxylic acids is 1. The van der Waals surface area contributed by atoms with E-state index in [9.17, 15) is 4.79 Å². The van der Waals surface area contributed by atoms with Crippen LogP contribution in [0.25, 0.3) is 5.52 Å². The zero-order valence-corrected chi connectivity index (χ0v) is 9.84. The highest BCUT2D eigenvalue weighted by Gasteiger charge is 2.16. The zero-order chi connectivity index (χ0) is 12.6. The Morgan fingerprint density at radius 3 is 2.94 bits per heavy atom. The fourth-order valence-electron chi connectivity index (χ4n) is 2.13. The average molecular weight is 233 g/mol. The molecule has 0 amide bonds. The van der Waals surface area contributed by atoms with Crippen molar-refractivity contribution in [3.8, 4) is 0 Å². The van der Waals surface area contributed by atoms with E-state index in [4.69, 9.17) is 10.8 Å². The van der Waals surface area contributed by atoms with E-state index >= 15 is 0 Å². The first-order valence-electron chi connectivity index (χ1n) is 5.42. The van der Waals surface area contributed by atoms with Gasteiger partial charge >= 0.3 is 5.97 Å². The number of carboxylic acids is 1. The number of fused-ring (bicyclic) bond motifs is 1. The number of pyridine rings is 1. The second kappa shape index (κ2) is 4.18. The fourth-order valence-corrected chi connectivity index (χ4v) is 2.13. The Balaban J connectivity index is 2.57. The molecule has 0 aliphatic rings. The summed E-state index contributed by atoms with van der Waals surface area (Å²) in [6, 6.07) is 3.21. The van der Waals surface area contributed by atoms with Gasteiger partial charge in [0.2, 0.25) is 0 Å². The Labute approximate surface area is 98.9 Å². The van der Waals surface area contributed by atoms with Crippen LogP contribution in [-0.2, 0) is 4.79 Å². The van der Waals surface area contributed by atoms with Gasteiger partial charge in [0, 0.05) is 12.2 Å². The van der Waals surface area contributed by atoms with Crippen molar-refractivity contribution in [2.24, 2.45) is 5.73 Å². The molecule has 1 unspecified atom stereocenters. The standard InChI is InChI=1S/C12H15N3O2/c1-7-12-9(10(13)6-11(16)17)4-3-5-15(12)8(2)14-7/h3-5,10H,6,13H2,1-2H3,(H,16,17). The predicted octanol–water partition coefficient (Wildman–Crippen LogP) is 1.43. The van der Waals surface area contributed by atoms with Crippen LogP contribution in [-0.4, -0.2) is 20.5 Å². The second-order valence-electron chi connectivity index (χ2n) is 4.13. The first kappa shape index (κ1) is 11.6. The van der Waals surface area contributed by atoms with E-state index in [-0.39, 0.29) is 6.42 Å². The molecule has 0 spiro atoms. The van der Waals surface area contributed by atoms with Crippen LogP contribution in [0.1, 0.15) is 29.5 Å². The number of nitrogens with two attached hydrogens (primary N) is 1. The third-order valence-electron chi connectivity index (χ3n) is 2.84. The zero-order valence-electron chi connectivity index (χ0n) is 9.84. The first-order chi connectivity index (χ1) is 8.00. The minimum absolute atomic E-state index is 0.0800. The largest absolute Gasteiger partial charge is 0.481 e. The third-order valence-corrected chi connectivity index (χ3v) is 2.84. The Morgan fingerprint density at radius 1 is 1.59 bits per heavy atom. The molecule has 17 heavy (non-hydrogen) atoms. The van der Waals surface area contributed by atoms with Crippen molar-refractivity contribution < 1.29 is 9.90 Å². The van der Waals surface area contributed by atoms with Crippen molar-refractivity contribution in [3.63, 3.8) is 0 Å². The quantitative estimate of drug-likeness (QED) is 0.840. The molecule has 0 saturated carbocycles. The van der Waals surface area contributed by atoms with Gasteiger partial charge in [-0.15, -0.1) is 0 Å². The average Bonchev–Trinajstić information content (AvgIpc) is 2.54. The lowest BCUT2D eigenvalue weighted by Crippen LogP contribution is -2.16. The van der Waals surface area contributed by atoms with Crippen LogP contribution in [0.15, 0.2) is 18.3 Å². The minimum Gasteiger partial charge on any atom is -0.481 e. The first-order valence-corrected chi connectivity index (χ1v) is 5.42. The number of rotatable bonds is 3. The van der Waals surface area contributed by atoms with Gasteiger partial charge in [-0.1, -0.05) is 6.07 Å². The summed E-state index contributed by atoms with van der Waals surface area (Å²) in [5.74, 6) is -0.0183. The van der Waals surface area contributed by atoms with Gasteiger partial charge in [0.05, 0.1) is 17.6 Å². The lowest BCUT2D eigenvalue weighted by Gasteiger charge is -2.11. The smallest absolute Gasteiger partial charge is 0.305 e. The highest BCUT2D eigenvalue weighted by molar-refractivity contribution is 5.70. The highest BCUT2D eigenvalue weighted by atomic mass is 16.4. The van der Waals surface area contributed by atoms with Gasteiger partial charge in [0.1, 0.15) is 5.82 Å². The number of nitrogens with zero attached hydrogens (tertiary/aromatic N) is 2. The SMILES string of the molecule is Cc1nc(C)n2cccc(C(N)CC(=O)O)c12. The third kappa shape index (κ3) is 2.01. The van der Waals surface area contributed by atoms with Crippen molar-refractivity contribution in [1.29, 1.82) is 0 Å². The summed E-state index contributed by atoms with van der Waals surface area (Å²) in [5, 5.41) is 8.79. The van der Waals surface area contributed by atoms with Gasteiger partial charge < -0.3 is 15.2 Å². The summed E-state index contributed by atoms with van der Waals surface area (Å²) in [4.78, 5) is 15.1. The van der Waals surface area contributed by atoms with Crippen LogP contribution in [0.5, 0.6) is 0 Å². The normalized spacial score (nSPS) is 12.9. The van der Waals surface area contributed by atoms with Gasteiger partial charge in [0.15, 0.2) is 0 Å². The van der Waals surface area contributed by atoms with Crippen molar-refractivity contribution in [2.45, 2.75) is 26.3 Å². The number of hydrogen-bond donors (Lipinski definition) is 2. The molecular weight excluding hydrogens is 218 g/mol. The van der Waals surface area contributed by atoms with Crippen LogP contribution in [0.4, 0.5) is 0 Å². The van der Waals surface area contributed by atoms with E-state index < -0.39 is 12.0 Å². The molecule has 2 rings (SSSR count). The van der Waals surface area contributed by atoms with E-state index in [1.165, 1.54) is 0 Å². The molecule has 2 aromatic rings.